The number of hydrogen-bond donors (Lipinski definition) is 1. The van der Waals surface area contributed by atoms with Crippen LogP contribution in [0.5, 0.6) is 0 Å². The second kappa shape index (κ2) is 13.2. The minimum atomic E-state index is -0.135. The fraction of sp³-hybridized carbons (Fsp3) is 0.0196. The lowest BCUT2D eigenvalue weighted by molar-refractivity contribution is -0.586. The molecule has 1 aliphatic rings. The number of nitrogens with zero attached hydrogens (tertiary/aromatic N) is 3. The molecule has 0 fully saturated rings. The van der Waals surface area contributed by atoms with Crippen LogP contribution in [-0.2, 0) is 0 Å². The second-order valence-corrected chi connectivity index (χ2v) is 14.3. The first-order chi connectivity index (χ1) is 27.7. The van der Waals surface area contributed by atoms with Crippen LogP contribution in [-0.4, -0.2) is 16.2 Å². The Morgan fingerprint density at radius 2 is 1.14 bits per heavy atom. The molecule has 264 valence electrons. The average Bonchev–Trinajstić information content (AvgIpc) is 3.82. The van der Waals surface area contributed by atoms with Crippen LogP contribution in [0.2, 0.25) is 0 Å². The van der Waals surface area contributed by atoms with Gasteiger partial charge in [0.15, 0.2) is 5.84 Å². The van der Waals surface area contributed by atoms with E-state index in [0.717, 1.165) is 78.1 Å². The molecule has 0 bridgehead atoms. The van der Waals surface area contributed by atoms with Crippen LogP contribution in [0, 0.1) is 0 Å². The maximum atomic E-state index is 6.50. The lowest BCUT2D eigenvalue weighted by Gasteiger charge is -2.19. The van der Waals surface area contributed by atoms with Crippen LogP contribution < -0.4 is 5.32 Å². The summed E-state index contributed by atoms with van der Waals surface area (Å²) in [5.41, 5.74) is 12.9. The molecule has 0 spiro atoms. The van der Waals surface area contributed by atoms with Crippen LogP contribution in [0.3, 0.4) is 0 Å². The number of rotatable bonds is 6. The van der Waals surface area contributed by atoms with E-state index in [1.165, 1.54) is 21.9 Å². The highest BCUT2D eigenvalue weighted by atomic mass is 16.3. The van der Waals surface area contributed by atoms with Gasteiger partial charge in [0.2, 0.25) is 12.0 Å². The third-order valence-electron chi connectivity index (χ3n) is 11.0. The summed E-state index contributed by atoms with van der Waals surface area (Å²) in [4.78, 5) is 10.3. The van der Waals surface area contributed by atoms with Gasteiger partial charge in [-0.3, -0.25) is 5.32 Å². The normalized spacial score (nSPS) is 14.4. The number of para-hydroxylation sites is 2. The number of quaternary nitrogens is 1. The standard InChI is InChI=1S/C51H34N4O/c1-4-13-33(14-5-1)37-26-30-45-44(31-37)41-29-25-38(40-20-12-21-43-42-19-10-11-22-47(42)56-48(40)43)32-46(41)55(45)39-27-23-36(24-28-39)51-53-49(34-15-6-2-7-16-34)52-50(54-51)35-17-8-3-9-18-35/h1-32,49H,(H,52,53,54)/p+1. The Kier molecular flexibility index (Phi) is 7.57. The van der Waals surface area contributed by atoms with Crippen molar-refractivity contribution in [2.75, 3.05) is 0 Å². The lowest BCUT2D eigenvalue weighted by Crippen LogP contribution is -2.89. The Labute approximate surface area is 323 Å². The van der Waals surface area contributed by atoms with Gasteiger partial charge < -0.3 is 8.98 Å². The Morgan fingerprint density at radius 3 is 1.95 bits per heavy atom. The second-order valence-electron chi connectivity index (χ2n) is 14.3. The van der Waals surface area contributed by atoms with E-state index < -0.39 is 0 Å². The summed E-state index contributed by atoms with van der Waals surface area (Å²) < 4.78 is 8.88. The zero-order chi connectivity index (χ0) is 37.0. The first kappa shape index (κ1) is 32.1. The molecular formula is C51H35N4O+. The summed E-state index contributed by atoms with van der Waals surface area (Å²) in [6, 6.07) is 68.5. The highest BCUT2D eigenvalue weighted by Gasteiger charge is 2.25. The highest BCUT2D eigenvalue weighted by Crippen LogP contribution is 2.40. The number of aliphatic imine (C=N–C) groups is 2. The maximum Gasteiger partial charge on any atom is 0.235 e. The topological polar surface area (TPSA) is 59.4 Å². The molecule has 0 radical (unpaired) electrons. The summed E-state index contributed by atoms with van der Waals surface area (Å²) in [5.74, 6) is 1.65. The molecule has 1 atom stereocenters. The summed E-state index contributed by atoms with van der Waals surface area (Å²) in [6.07, 6.45) is -0.135. The van der Waals surface area contributed by atoms with Gasteiger partial charge in [0.05, 0.1) is 16.6 Å². The van der Waals surface area contributed by atoms with E-state index >= 15 is 0 Å². The monoisotopic (exact) mass is 719 g/mol. The Hall–Kier alpha value is -7.34. The summed E-state index contributed by atoms with van der Waals surface area (Å²) >= 11 is 0. The molecule has 2 N–H and O–H groups in total. The van der Waals surface area contributed by atoms with Crippen LogP contribution in [0.15, 0.2) is 209 Å². The molecule has 5 nitrogen and oxygen atoms in total. The van der Waals surface area contributed by atoms with Crippen LogP contribution in [0.25, 0.3) is 71.7 Å². The average molecular weight is 720 g/mol. The number of furan rings is 1. The molecule has 0 saturated carbocycles. The number of amidine groups is 2. The SMILES string of the molecule is c1ccc(C2=NC(c3ccc(-n4c5ccc(-c6ccccc6)cc5c5ccc(-c6cccc7c6oc6ccccc67)cc54)cc3)=NC(c3ccccc3)[NH2+]2)cc1. The first-order valence-corrected chi connectivity index (χ1v) is 19.0. The van der Waals surface area contributed by atoms with Crippen molar-refractivity contribution in [1.82, 2.24) is 4.57 Å². The predicted molar refractivity (Wildman–Crippen MR) is 230 cm³/mol. The minimum Gasteiger partial charge on any atom is -0.455 e. The largest absolute Gasteiger partial charge is 0.455 e. The number of fused-ring (bicyclic) bond motifs is 6. The quantitative estimate of drug-likeness (QED) is 0.183. The summed E-state index contributed by atoms with van der Waals surface area (Å²) in [5, 5.41) is 6.81. The van der Waals surface area contributed by atoms with E-state index in [9.17, 15) is 0 Å². The Balaban J connectivity index is 1.07. The number of benzene rings is 8. The van der Waals surface area contributed by atoms with Crippen molar-refractivity contribution in [3.63, 3.8) is 0 Å². The van der Waals surface area contributed by atoms with Crippen molar-refractivity contribution in [3.8, 4) is 27.9 Å². The Bertz CT molecular complexity index is 3140. The third-order valence-corrected chi connectivity index (χ3v) is 11.0. The zero-order valence-corrected chi connectivity index (χ0v) is 30.4. The van der Waals surface area contributed by atoms with Gasteiger partial charge in [0.1, 0.15) is 11.2 Å². The van der Waals surface area contributed by atoms with Gasteiger partial charge >= 0.3 is 0 Å². The number of nitrogens with two attached hydrogens (primary N) is 1. The van der Waals surface area contributed by atoms with Crippen molar-refractivity contribution < 1.29 is 9.73 Å². The van der Waals surface area contributed by atoms with Crippen molar-refractivity contribution >= 4 is 55.4 Å². The van der Waals surface area contributed by atoms with Gasteiger partial charge in [-0.15, -0.1) is 0 Å². The minimum absolute atomic E-state index is 0.135. The van der Waals surface area contributed by atoms with Crippen LogP contribution >= 0.6 is 0 Å². The van der Waals surface area contributed by atoms with Crippen molar-refractivity contribution in [2.45, 2.75) is 6.17 Å². The number of hydrogen-bond acceptors (Lipinski definition) is 3. The molecule has 2 aromatic heterocycles. The molecule has 56 heavy (non-hydrogen) atoms. The van der Waals surface area contributed by atoms with Crippen molar-refractivity contribution in [3.05, 3.63) is 211 Å². The third kappa shape index (κ3) is 5.45. The smallest absolute Gasteiger partial charge is 0.235 e. The van der Waals surface area contributed by atoms with Gasteiger partial charge in [-0.25, -0.2) is 4.99 Å². The highest BCUT2D eigenvalue weighted by molar-refractivity contribution is 6.14. The summed E-state index contributed by atoms with van der Waals surface area (Å²) in [6.45, 7) is 0. The van der Waals surface area contributed by atoms with E-state index in [2.05, 4.69) is 180 Å². The molecule has 5 heteroatoms. The van der Waals surface area contributed by atoms with Gasteiger partial charge in [-0.05, 0) is 77.4 Å². The molecule has 1 unspecified atom stereocenters. The lowest BCUT2D eigenvalue weighted by atomic mass is 10.00. The van der Waals surface area contributed by atoms with Gasteiger partial charge in [-0.1, -0.05) is 133 Å². The van der Waals surface area contributed by atoms with E-state index in [1.54, 1.807) is 0 Å². The van der Waals surface area contributed by atoms with Gasteiger partial charge in [0.25, 0.3) is 0 Å². The molecule has 0 saturated heterocycles. The molecule has 1 aliphatic heterocycles. The van der Waals surface area contributed by atoms with E-state index in [-0.39, 0.29) is 6.17 Å². The zero-order valence-electron chi connectivity index (χ0n) is 30.4. The fourth-order valence-corrected chi connectivity index (χ4v) is 8.24. The van der Waals surface area contributed by atoms with E-state index in [1.807, 2.05) is 24.3 Å². The number of aromatic nitrogens is 1. The molecule has 11 rings (SSSR count). The predicted octanol–water partition coefficient (Wildman–Crippen LogP) is 11.5. The van der Waals surface area contributed by atoms with Crippen molar-refractivity contribution in [2.24, 2.45) is 9.98 Å². The Morgan fingerprint density at radius 1 is 0.464 bits per heavy atom. The van der Waals surface area contributed by atoms with Crippen LogP contribution in [0.4, 0.5) is 0 Å². The van der Waals surface area contributed by atoms with Gasteiger partial charge in [-0.2, -0.15) is 4.99 Å². The van der Waals surface area contributed by atoms with E-state index in [0.29, 0.717) is 0 Å². The first-order valence-electron chi connectivity index (χ1n) is 19.0. The molecule has 0 amide bonds. The molecule has 0 aliphatic carbocycles. The van der Waals surface area contributed by atoms with Gasteiger partial charge in [0, 0.05) is 43.9 Å². The van der Waals surface area contributed by atoms with Crippen molar-refractivity contribution in [1.29, 1.82) is 0 Å². The molecule has 8 aromatic carbocycles. The maximum absolute atomic E-state index is 6.50. The van der Waals surface area contributed by atoms with E-state index in [4.69, 9.17) is 14.4 Å². The molecule has 3 heterocycles. The fourth-order valence-electron chi connectivity index (χ4n) is 8.24. The van der Waals surface area contributed by atoms with Crippen LogP contribution in [0.1, 0.15) is 22.9 Å². The summed E-state index contributed by atoms with van der Waals surface area (Å²) in [7, 11) is 0. The molecular weight excluding hydrogens is 685 g/mol. The molecule has 10 aromatic rings.